The first-order valence-corrected chi connectivity index (χ1v) is 4.84. The molecule has 0 aromatic heterocycles. The summed E-state index contributed by atoms with van der Waals surface area (Å²) in [5.74, 6) is 0. The molecule has 0 atom stereocenters. The predicted octanol–water partition coefficient (Wildman–Crippen LogP) is 2.71. The van der Waals surface area contributed by atoms with Crippen molar-refractivity contribution in [1.29, 1.82) is 0 Å². The van der Waals surface area contributed by atoms with E-state index in [1.54, 1.807) is 6.26 Å². The number of hydrogen-bond donors (Lipinski definition) is 0. The molecule has 0 aliphatic rings. The molecule has 0 amide bonds. The molecule has 0 bridgehead atoms. The predicted molar refractivity (Wildman–Crippen MR) is 57.9 cm³/mol. The van der Waals surface area contributed by atoms with E-state index in [1.165, 1.54) is 0 Å². The molecule has 0 saturated carbocycles. The number of ether oxygens (including phenoxy) is 2. The summed E-state index contributed by atoms with van der Waals surface area (Å²) >= 11 is 0. The van der Waals surface area contributed by atoms with Gasteiger partial charge in [0.15, 0.2) is 0 Å². The van der Waals surface area contributed by atoms with Gasteiger partial charge in [-0.1, -0.05) is 30.3 Å². The van der Waals surface area contributed by atoms with Crippen LogP contribution in [0.3, 0.4) is 0 Å². The summed E-state index contributed by atoms with van der Waals surface area (Å²) in [5, 5.41) is 0. The lowest BCUT2D eigenvalue weighted by atomic mass is 10.2. The molecular weight excluding hydrogens is 176 g/mol. The van der Waals surface area contributed by atoms with Crippen molar-refractivity contribution in [3.8, 4) is 0 Å². The van der Waals surface area contributed by atoms with Crippen LogP contribution in [0.5, 0.6) is 0 Å². The summed E-state index contributed by atoms with van der Waals surface area (Å²) < 4.78 is 10.4. The van der Waals surface area contributed by atoms with Crippen molar-refractivity contribution in [1.82, 2.24) is 0 Å². The fourth-order valence-electron chi connectivity index (χ4n) is 1.01. The van der Waals surface area contributed by atoms with Crippen LogP contribution in [0.15, 0.2) is 36.6 Å². The van der Waals surface area contributed by atoms with E-state index in [4.69, 9.17) is 9.47 Å². The van der Waals surface area contributed by atoms with E-state index in [2.05, 4.69) is 0 Å². The summed E-state index contributed by atoms with van der Waals surface area (Å²) in [4.78, 5) is 0. The summed E-state index contributed by atoms with van der Waals surface area (Å²) in [7, 11) is 0. The maximum absolute atomic E-state index is 5.23. The molecular formula is C12H16O2. The first-order chi connectivity index (χ1) is 6.93. The lowest BCUT2D eigenvalue weighted by Gasteiger charge is -2.00. The van der Waals surface area contributed by atoms with Gasteiger partial charge in [-0.3, -0.25) is 0 Å². The van der Waals surface area contributed by atoms with Gasteiger partial charge in [0.05, 0.1) is 12.9 Å². The van der Waals surface area contributed by atoms with E-state index in [0.29, 0.717) is 13.2 Å². The Labute approximate surface area is 85.2 Å². The fourth-order valence-corrected chi connectivity index (χ4v) is 1.01. The van der Waals surface area contributed by atoms with Crippen molar-refractivity contribution in [3.63, 3.8) is 0 Å². The van der Waals surface area contributed by atoms with Gasteiger partial charge in [0.2, 0.25) is 0 Å². The van der Waals surface area contributed by atoms with Crippen molar-refractivity contribution < 1.29 is 9.47 Å². The molecule has 0 spiro atoms. The molecule has 0 aliphatic carbocycles. The highest BCUT2D eigenvalue weighted by Crippen LogP contribution is 2.00. The Kier molecular flexibility index (Phi) is 5.52. The van der Waals surface area contributed by atoms with Crippen LogP contribution >= 0.6 is 0 Å². The average Bonchev–Trinajstić information content (AvgIpc) is 2.25. The van der Waals surface area contributed by atoms with E-state index < -0.39 is 0 Å². The molecule has 14 heavy (non-hydrogen) atoms. The molecule has 2 heteroatoms. The Balaban J connectivity index is 2.15. The van der Waals surface area contributed by atoms with E-state index in [1.807, 2.05) is 43.3 Å². The molecule has 0 radical (unpaired) electrons. The highest BCUT2D eigenvalue weighted by atomic mass is 16.5. The van der Waals surface area contributed by atoms with Crippen LogP contribution in [0.4, 0.5) is 0 Å². The lowest BCUT2D eigenvalue weighted by Crippen LogP contribution is -1.99. The molecule has 1 aromatic carbocycles. The molecule has 0 N–H and O–H groups in total. The second-order valence-corrected chi connectivity index (χ2v) is 2.78. The second kappa shape index (κ2) is 7.15. The summed E-state index contributed by atoms with van der Waals surface area (Å²) in [6, 6.07) is 10.1. The Bertz CT molecular complexity index is 254. The molecule has 0 saturated heterocycles. The van der Waals surface area contributed by atoms with Gasteiger partial charge in [0, 0.05) is 6.61 Å². The minimum Gasteiger partial charge on any atom is -0.499 e. The third-order valence-corrected chi connectivity index (χ3v) is 1.71. The fraction of sp³-hybridized carbons (Fsp3) is 0.333. The molecule has 0 unspecified atom stereocenters. The van der Waals surface area contributed by atoms with Gasteiger partial charge in [-0.25, -0.2) is 0 Å². The Morgan fingerprint density at radius 1 is 1.14 bits per heavy atom. The van der Waals surface area contributed by atoms with Gasteiger partial charge in [0.1, 0.15) is 6.61 Å². The van der Waals surface area contributed by atoms with Crippen LogP contribution in [-0.4, -0.2) is 19.8 Å². The SMILES string of the molecule is CCOCCOC=Cc1ccccc1. The van der Waals surface area contributed by atoms with Crippen molar-refractivity contribution in [2.24, 2.45) is 0 Å². The van der Waals surface area contributed by atoms with Crippen molar-refractivity contribution in [2.45, 2.75) is 6.92 Å². The molecule has 0 heterocycles. The van der Waals surface area contributed by atoms with Gasteiger partial charge < -0.3 is 9.47 Å². The molecule has 1 rings (SSSR count). The van der Waals surface area contributed by atoms with Crippen molar-refractivity contribution in [3.05, 3.63) is 42.2 Å². The highest BCUT2D eigenvalue weighted by Gasteiger charge is 1.84. The standard InChI is InChI=1S/C12H16O2/c1-2-13-10-11-14-9-8-12-6-4-3-5-7-12/h3-9H,2,10-11H2,1H3. The highest BCUT2D eigenvalue weighted by molar-refractivity contribution is 5.47. The third-order valence-electron chi connectivity index (χ3n) is 1.71. The normalized spacial score (nSPS) is 10.6. The molecule has 0 fully saturated rings. The quantitative estimate of drug-likeness (QED) is 0.509. The van der Waals surface area contributed by atoms with Crippen LogP contribution in [0.2, 0.25) is 0 Å². The summed E-state index contributed by atoms with van der Waals surface area (Å²) in [5.41, 5.74) is 1.14. The Morgan fingerprint density at radius 3 is 2.64 bits per heavy atom. The van der Waals surface area contributed by atoms with Crippen LogP contribution < -0.4 is 0 Å². The maximum Gasteiger partial charge on any atom is 0.111 e. The third kappa shape index (κ3) is 4.67. The van der Waals surface area contributed by atoms with Gasteiger partial charge in [-0.2, -0.15) is 0 Å². The van der Waals surface area contributed by atoms with Crippen LogP contribution in [0, 0.1) is 0 Å². The van der Waals surface area contributed by atoms with Crippen molar-refractivity contribution >= 4 is 6.08 Å². The Hall–Kier alpha value is -1.28. The lowest BCUT2D eigenvalue weighted by molar-refractivity contribution is 0.0938. The monoisotopic (exact) mass is 192 g/mol. The van der Waals surface area contributed by atoms with E-state index in [0.717, 1.165) is 12.2 Å². The minimum absolute atomic E-state index is 0.608. The van der Waals surface area contributed by atoms with E-state index >= 15 is 0 Å². The maximum atomic E-state index is 5.23. The number of benzene rings is 1. The average molecular weight is 192 g/mol. The molecule has 76 valence electrons. The first-order valence-electron chi connectivity index (χ1n) is 4.84. The van der Waals surface area contributed by atoms with Crippen LogP contribution in [0.25, 0.3) is 6.08 Å². The molecule has 1 aromatic rings. The molecule has 2 nitrogen and oxygen atoms in total. The minimum atomic E-state index is 0.608. The topological polar surface area (TPSA) is 18.5 Å². The summed E-state index contributed by atoms with van der Waals surface area (Å²) in [6.45, 7) is 3.97. The second-order valence-electron chi connectivity index (χ2n) is 2.78. The number of rotatable bonds is 6. The van der Waals surface area contributed by atoms with E-state index in [9.17, 15) is 0 Å². The van der Waals surface area contributed by atoms with E-state index in [-0.39, 0.29) is 0 Å². The zero-order chi connectivity index (χ0) is 10.1. The van der Waals surface area contributed by atoms with Crippen molar-refractivity contribution in [2.75, 3.05) is 19.8 Å². The van der Waals surface area contributed by atoms with Gasteiger partial charge in [-0.15, -0.1) is 0 Å². The van der Waals surface area contributed by atoms with Gasteiger partial charge >= 0.3 is 0 Å². The smallest absolute Gasteiger partial charge is 0.111 e. The Morgan fingerprint density at radius 2 is 1.93 bits per heavy atom. The van der Waals surface area contributed by atoms with Gasteiger partial charge in [-0.05, 0) is 18.6 Å². The first kappa shape index (κ1) is 10.8. The summed E-state index contributed by atoms with van der Waals surface area (Å²) in [6.07, 6.45) is 3.64. The zero-order valence-corrected chi connectivity index (χ0v) is 8.48. The van der Waals surface area contributed by atoms with Crippen LogP contribution in [0.1, 0.15) is 12.5 Å². The van der Waals surface area contributed by atoms with Gasteiger partial charge in [0.25, 0.3) is 0 Å². The largest absolute Gasteiger partial charge is 0.499 e. The number of hydrogen-bond acceptors (Lipinski definition) is 2. The molecule has 0 aliphatic heterocycles. The van der Waals surface area contributed by atoms with Crippen LogP contribution in [-0.2, 0) is 9.47 Å². The zero-order valence-electron chi connectivity index (χ0n) is 8.48.